The number of rotatable bonds is 3. The Morgan fingerprint density at radius 2 is 2.20 bits per heavy atom. The minimum Gasteiger partial charge on any atom is -0.349 e. The molecule has 3 atom stereocenters. The molecule has 4 heteroatoms. The van der Waals surface area contributed by atoms with Crippen molar-refractivity contribution in [3.8, 4) is 0 Å². The maximum absolute atomic E-state index is 12.4. The Bertz CT molecular complexity index is 475. The van der Waals surface area contributed by atoms with Gasteiger partial charge < -0.3 is 5.32 Å². The van der Waals surface area contributed by atoms with Gasteiger partial charge in [-0.2, -0.15) is 0 Å². The summed E-state index contributed by atoms with van der Waals surface area (Å²) in [6.45, 7) is 6.72. The second kappa shape index (κ2) is 6.57. The van der Waals surface area contributed by atoms with Gasteiger partial charge in [0.15, 0.2) is 0 Å². The Hall–Kier alpha value is -1.09. The summed E-state index contributed by atoms with van der Waals surface area (Å²) in [5.74, 6) is 1.69. The fourth-order valence-corrected chi connectivity index (χ4v) is 3.37. The number of aromatic nitrogens is 1. The molecule has 1 aliphatic carbocycles. The molecule has 110 valence electrons. The van der Waals surface area contributed by atoms with Crippen LogP contribution in [0.2, 0.25) is 5.15 Å². The molecule has 3 nitrogen and oxygen atoms in total. The quantitative estimate of drug-likeness (QED) is 0.858. The van der Waals surface area contributed by atoms with E-state index in [1.165, 1.54) is 12.8 Å². The van der Waals surface area contributed by atoms with Crippen molar-refractivity contribution in [1.29, 1.82) is 0 Å². The van der Waals surface area contributed by atoms with Crippen molar-refractivity contribution in [2.24, 2.45) is 17.8 Å². The molecule has 1 saturated carbocycles. The maximum atomic E-state index is 12.4. The number of hydrogen-bond donors (Lipinski definition) is 1. The van der Waals surface area contributed by atoms with Gasteiger partial charge in [0.25, 0.3) is 5.91 Å². The first-order valence-electron chi connectivity index (χ1n) is 7.40. The Kier molecular flexibility index (Phi) is 5.03. The van der Waals surface area contributed by atoms with E-state index in [0.29, 0.717) is 23.3 Å². The zero-order valence-electron chi connectivity index (χ0n) is 12.4. The maximum Gasteiger partial charge on any atom is 0.254 e. The SMILES string of the molecule is CC1CCC(C(C)C)C(NC(=O)c2cccnc2Cl)C1. The molecule has 1 aliphatic rings. The van der Waals surface area contributed by atoms with Gasteiger partial charge in [0.05, 0.1) is 5.56 Å². The van der Waals surface area contributed by atoms with Crippen molar-refractivity contribution >= 4 is 17.5 Å². The van der Waals surface area contributed by atoms with E-state index in [0.717, 1.165) is 6.42 Å². The van der Waals surface area contributed by atoms with Gasteiger partial charge in [-0.05, 0) is 42.7 Å². The van der Waals surface area contributed by atoms with E-state index in [4.69, 9.17) is 11.6 Å². The van der Waals surface area contributed by atoms with Gasteiger partial charge in [-0.1, -0.05) is 38.8 Å². The summed E-state index contributed by atoms with van der Waals surface area (Å²) in [5.41, 5.74) is 0.467. The molecule has 0 radical (unpaired) electrons. The molecular weight excluding hydrogens is 272 g/mol. The monoisotopic (exact) mass is 294 g/mol. The molecule has 0 saturated heterocycles. The molecule has 3 unspecified atom stereocenters. The van der Waals surface area contributed by atoms with Gasteiger partial charge in [-0.3, -0.25) is 4.79 Å². The Morgan fingerprint density at radius 3 is 2.85 bits per heavy atom. The Labute approximate surface area is 126 Å². The van der Waals surface area contributed by atoms with Gasteiger partial charge in [-0.25, -0.2) is 4.98 Å². The Morgan fingerprint density at radius 1 is 1.45 bits per heavy atom. The molecule has 1 amide bonds. The highest BCUT2D eigenvalue weighted by molar-refractivity contribution is 6.32. The topological polar surface area (TPSA) is 42.0 Å². The van der Waals surface area contributed by atoms with E-state index >= 15 is 0 Å². The zero-order chi connectivity index (χ0) is 14.7. The number of hydrogen-bond acceptors (Lipinski definition) is 2. The molecule has 0 aliphatic heterocycles. The van der Waals surface area contributed by atoms with Crippen LogP contribution in [0, 0.1) is 17.8 Å². The molecule has 2 rings (SSSR count). The molecule has 1 aromatic rings. The van der Waals surface area contributed by atoms with E-state index in [1.807, 2.05) is 0 Å². The van der Waals surface area contributed by atoms with Crippen LogP contribution in [-0.2, 0) is 0 Å². The fourth-order valence-electron chi connectivity index (χ4n) is 3.17. The predicted molar refractivity (Wildman–Crippen MR) is 81.8 cm³/mol. The van der Waals surface area contributed by atoms with Crippen molar-refractivity contribution in [1.82, 2.24) is 10.3 Å². The van der Waals surface area contributed by atoms with Crippen LogP contribution in [-0.4, -0.2) is 16.9 Å². The van der Waals surface area contributed by atoms with E-state index < -0.39 is 0 Å². The van der Waals surface area contributed by atoms with Crippen LogP contribution >= 0.6 is 11.6 Å². The summed E-state index contributed by atoms with van der Waals surface area (Å²) in [6.07, 6.45) is 5.08. The summed E-state index contributed by atoms with van der Waals surface area (Å²) in [4.78, 5) is 16.3. The number of carbonyl (C=O) groups excluding carboxylic acids is 1. The number of nitrogens with zero attached hydrogens (tertiary/aromatic N) is 1. The molecule has 20 heavy (non-hydrogen) atoms. The lowest BCUT2D eigenvalue weighted by molar-refractivity contribution is 0.0867. The number of amides is 1. The average Bonchev–Trinajstić information content (AvgIpc) is 2.38. The van der Waals surface area contributed by atoms with E-state index in [2.05, 4.69) is 31.1 Å². The molecule has 1 heterocycles. The molecule has 1 aromatic heterocycles. The summed E-state index contributed by atoms with van der Waals surface area (Å²) >= 11 is 5.99. The minimum absolute atomic E-state index is 0.104. The third kappa shape index (κ3) is 3.51. The number of nitrogens with one attached hydrogen (secondary N) is 1. The zero-order valence-corrected chi connectivity index (χ0v) is 13.2. The summed E-state index contributed by atoms with van der Waals surface area (Å²) in [5, 5.41) is 3.45. The van der Waals surface area contributed by atoms with Crippen LogP contribution in [0.5, 0.6) is 0 Å². The first kappa shape index (κ1) is 15.3. The van der Waals surface area contributed by atoms with Crippen LogP contribution in [0.15, 0.2) is 18.3 Å². The Balaban J connectivity index is 2.10. The highest BCUT2D eigenvalue weighted by Crippen LogP contribution is 2.33. The highest BCUT2D eigenvalue weighted by atomic mass is 35.5. The summed E-state index contributed by atoms with van der Waals surface area (Å²) < 4.78 is 0. The molecule has 0 aromatic carbocycles. The molecule has 1 N–H and O–H groups in total. The molecular formula is C16H23ClN2O. The lowest BCUT2D eigenvalue weighted by Crippen LogP contribution is -2.45. The normalized spacial score (nSPS) is 26.6. The smallest absolute Gasteiger partial charge is 0.254 e. The third-order valence-corrected chi connectivity index (χ3v) is 4.64. The third-order valence-electron chi connectivity index (χ3n) is 4.34. The van der Waals surface area contributed by atoms with Crippen molar-refractivity contribution in [3.05, 3.63) is 29.0 Å². The van der Waals surface area contributed by atoms with Crippen LogP contribution in [0.1, 0.15) is 50.4 Å². The first-order valence-corrected chi connectivity index (χ1v) is 7.78. The number of carbonyl (C=O) groups is 1. The second-order valence-corrected chi connectivity index (χ2v) is 6.61. The van der Waals surface area contributed by atoms with Crippen molar-refractivity contribution in [2.45, 2.75) is 46.1 Å². The van der Waals surface area contributed by atoms with Gasteiger partial charge in [0, 0.05) is 12.2 Å². The highest BCUT2D eigenvalue weighted by Gasteiger charge is 2.32. The van der Waals surface area contributed by atoms with Crippen molar-refractivity contribution < 1.29 is 4.79 Å². The lowest BCUT2D eigenvalue weighted by atomic mass is 9.74. The van der Waals surface area contributed by atoms with Crippen molar-refractivity contribution in [2.75, 3.05) is 0 Å². The van der Waals surface area contributed by atoms with Crippen LogP contribution in [0.4, 0.5) is 0 Å². The molecule has 0 bridgehead atoms. The lowest BCUT2D eigenvalue weighted by Gasteiger charge is -2.37. The number of pyridine rings is 1. The molecule has 0 spiro atoms. The van der Waals surface area contributed by atoms with Crippen LogP contribution in [0.25, 0.3) is 0 Å². The van der Waals surface area contributed by atoms with Gasteiger partial charge in [-0.15, -0.1) is 0 Å². The standard InChI is InChI=1S/C16H23ClN2O/c1-10(2)12-7-6-11(3)9-14(12)19-16(20)13-5-4-8-18-15(13)17/h4-5,8,10-12,14H,6-7,9H2,1-3H3,(H,19,20). The second-order valence-electron chi connectivity index (χ2n) is 6.25. The van der Waals surface area contributed by atoms with Crippen molar-refractivity contribution in [3.63, 3.8) is 0 Å². The van der Waals surface area contributed by atoms with E-state index in [-0.39, 0.29) is 17.1 Å². The van der Waals surface area contributed by atoms with Gasteiger partial charge >= 0.3 is 0 Å². The average molecular weight is 295 g/mol. The van der Waals surface area contributed by atoms with E-state index in [9.17, 15) is 4.79 Å². The van der Waals surface area contributed by atoms with Crippen LogP contribution in [0.3, 0.4) is 0 Å². The fraction of sp³-hybridized carbons (Fsp3) is 0.625. The van der Waals surface area contributed by atoms with E-state index in [1.54, 1.807) is 18.3 Å². The molecule has 1 fully saturated rings. The largest absolute Gasteiger partial charge is 0.349 e. The number of halogens is 1. The summed E-state index contributed by atoms with van der Waals surface area (Å²) in [7, 11) is 0. The van der Waals surface area contributed by atoms with Gasteiger partial charge in [0.2, 0.25) is 0 Å². The first-order chi connectivity index (χ1) is 9.49. The predicted octanol–water partition coefficient (Wildman–Crippen LogP) is 3.93. The summed E-state index contributed by atoms with van der Waals surface area (Å²) in [6, 6.07) is 3.70. The minimum atomic E-state index is -0.104. The van der Waals surface area contributed by atoms with Crippen LogP contribution < -0.4 is 5.32 Å². The van der Waals surface area contributed by atoms with Gasteiger partial charge in [0.1, 0.15) is 5.15 Å².